The van der Waals surface area contributed by atoms with Crippen LogP contribution in [0.3, 0.4) is 0 Å². The zero-order valence-electron chi connectivity index (χ0n) is 17.6. The van der Waals surface area contributed by atoms with E-state index in [9.17, 15) is 4.79 Å². The second-order valence-corrected chi connectivity index (χ2v) is 7.72. The number of hydrogen-bond acceptors (Lipinski definition) is 6. The summed E-state index contributed by atoms with van der Waals surface area (Å²) in [6.07, 6.45) is 0. The van der Waals surface area contributed by atoms with Crippen molar-refractivity contribution in [2.45, 2.75) is 20.8 Å². The number of piperazine rings is 1. The number of amides is 1. The second-order valence-electron chi connectivity index (χ2n) is 7.72. The van der Waals surface area contributed by atoms with Crippen LogP contribution in [-0.2, 0) is 0 Å². The molecule has 4 rings (SSSR count). The van der Waals surface area contributed by atoms with Gasteiger partial charge in [0.15, 0.2) is 11.6 Å². The molecule has 7 heteroatoms. The maximum atomic E-state index is 12.9. The van der Waals surface area contributed by atoms with Crippen LogP contribution in [0.15, 0.2) is 48.5 Å². The zero-order valence-corrected chi connectivity index (χ0v) is 17.6. The van der Waals surface area contributed by atoms with Gasteiger partial charge in [-0.15, -0.1) is 10.2 Å². The first-order chi connectivity index (χ1) is 14.5. The highest BCUT2D eigenvalue weighted by atomic mass is 16.2. The molecule has 2 aromatic heterocycles. The lowest BCUT2D eigenvalue weighted by Crippen LogP contribution is -2.49. The molecule has 0 atom stereocenters. The number of nitrogens with one attached hydrogen (secondary N) is 1. The van der Waals surface area contributed by atoms with Crippen molar-refractivity contribution in [1.29, 1.82) is 0 Å². The Hall–Kier alpha value is -3.48. The third-order valence-electron chi connectivity index (χ3n) is 5.15. The summed E-state index contributed by atoms with van der Waals surface area (Å²) in [4.78, 5) is 21.3. The van der Waals surface area contributed by atoms with E-state index in [0.717, 1.165) is 47.1 Å². The van der Waals surface area contributed by atoms with Gasteiger partial charge < -0.3 is 15.1 Å². The third-order valence-corrected chi connectivity index (χ3v) is 5.15. The molecule has 1 amide bonds. The summed E-state index contributed by atoms with van der Waals surface area (Å²) in [6.45, 7) is 8.79. The normalized spacial score (nSPS) is 14.0. The van der Waals surface area contributed by atoms with Crippen molar-refractivity contribution in [3.05, 3.63) is 70.9 Å². The summed E-state index contributed by atoms with van der Waals surface area (Å²) in [7, 11) is 0. The first-order valence-corrected chi connectivity index (χ1v) is 10.1. The first kappa shape index (κ1) is 19.8. The molecule has 3 aromatic rings. The van der Waals surface area contributed by atoms with Crippen molar-refractivity contribution >= 4 is 23.4 Å². The fourth-order valence-electron chi connectivity index (χ4n) is 3.72. The van der Waals surface area contributed by atoms with Gasteiger partial charge in [-0.05, 0) is 57.2 Å². The number of rotatable bonds is 4. The summed E-state index contributed by atoms with van der Waals surface area (Å²) in [5.41, 5.74) is 3.93. The number of aromatic nitrogens is 3. The predicted octanol–water partition coefficient (Wildman–Crippen LogP) is 3.50. The molecule has 0 saturated carbocycles. The van der Waals surface area contributed by atoms with Crippen LogP contribution in [0.2, 0.25) is 0 Å². The van der Waals surface area contributed by atoms with Crippen LogP contribution in [0.5, 0.6) is 0 Å². The van der Waals surface area contributed by atoms with Crippen molar-refractivity contribution in [3.63, 3.8) is 0 Å². The largest absolute Gasteiger partial charge is 0.352 e. The number of carbonyl (C=O) groups is 1. The topological polar surface area (TPSA) is 74.2 Å². The average molecular weight is 403 g/mol. The maximum Gasteiger partial charge on any atom is 0.253 e. The van der Waals surface area contributed by atoms with Crippen LogP contribution in [0, 0.1) is 20.8 Å². The van der Waals surface area contributed by atoms with E-state index >= 15 is 0 Å². The molecule has 1 N–H and O–H groups in total. The summed E-state index contributed by atoms with van der Waals surface area (Å²) in [5.74, 6) is 2.31. The highest BCUT2D eigenvalue weighted by Crippen LogP contribution is 2.18. The number of nitrogens with zero attached hydrogens (tertiary/aromatic N) is 5. The minimum Gasteiger partial charge on any atom is -0.352 e. The number of pyridine rings is 1. The van der Waals surface area contributed by atoms with E-state index in [0.29, 0.717) is 18.9 Å². The van der Waals surface area contributed by atoms with E-state index in [-0.39, 0.29) is 5.91 Å². The lowest BCUT2D eigenvalue weighted by atomic mass is 10.1. The third kappa shape index (κ3) is 4.56. The number of hydrogen-bond donors (Lipinski definition) is 1. The van der Waals surface area contributed by atoms with Gasteiger partial charge in [-0.2, -0.15) is 0 Å². The van der Waals surface area contributed by atoms with E-state index in [1.807, 2.05) is 68.1 Å². The zero-order chi connectivity index (χ0) is 21.1. The Labute approximate surface area is 176 Å². The Bertz CT molecular complexity index is 1020. The van der Waals surface area contributed by atoms with Gasteiger partial charge in [-0.3, -0.25) is 4.79 Å². The van der Waals surface area contributed by atoms with Crippen molar-refractivity contribution < 1.29 is 4.79 Å². The van der Waals surface area contributed by atoms with Gasteiger partial charge in [-0.1, -0.05) is 23.3 Å². The molecule has 0 aliphatic carbocycles. The van der Waals surface area contributed by atoms with E-state index < -0.39 is 0 Å². The van der Waals surface area contributed by atoms with Crippen LogP contribution in [-0.4, -0.2) is 52.2 Å². The molecule has 154 valence electrons. The Morgan fingerprint density at radius 2 is 1.60 bits per heavy atom. The lowest BCUT2D eigenvalue weighted by Gasteiger charge is -2.35. The van der Waals surface area contributed by atoms with E-state index in [2.05, 4.69) is 31.5 Å². The molecule has 1 aliphatic rings. The Kier molecular flexibility index (Phi) is 5.61. The molecule has 7 nitrogen and oxygen atoms in total. The van der Waals surface area contributed by atoms with E-state index in [4.69, 9.17) is 0 Å². The van der Waals surface area contributed by atoms with Crippen molar-refractivity contribution in [2.75, 3.05) is 36.4 Å². The SMILES string of the molecule is Cc1cc(C)cc(C(=O)N2CCN(c3ccc(Nc4cccc(C)n4)nn3)CC2)c1. The monoisotopic (exact) mass is 402 g/mol. The number of anilines is 3. The second kappa shape index (κ2) is 8.49. The average Bonchev–Trinajstić information content (AvgIpc) is 2.73. The van der Waals surface area contributed by atoms with Gasteiger partial charge >= 0.3 is 0 Å². The van der Waals surface area contributed by atoms with E-state index in [1.54, 1.807) is 0 Å². The summed E-state index contributed by atoms with van der Waals surface area (Å²) in [5, 5.41) is 11.8. The maximum absolute atomic E-state index is 12.9. The number of carbonyl (C=O) groups excluding carboxylic acids is 1. The molecule has 1 aromatic carbocycles. The van der Waals surface area contributed by atoms with Gasteiger partial charge in [-0.25, -0.2) is 4.98 Å². The minimum atomic E-state index is 0.0951. The highest BCUT2D eigenvalue weighted by molar-refractivity contribution is 5.94. The number of benzene rings is 1. The lowest BCUT2D eigenvalue weighted by molar-refractivity contribution is 0.0746. The highest BCUT2D eigenvalue weighted by Gasteiger charge is 2.23. The van der Waals surface area contributed by atoms with Crippen LogP contribution >= 0.6 is 0 Å². The van der Waals surface area contributed by atoms with Crippen LogP contribution in [0.4, 0.5) is 17.5 Å². The molecule has 1 aliphatic heterocycles. The van der Waals surface area contributed by atoms with Crippen LogP contribution < -0.4 is 10.2 Å². The molecule has 1 saturated heterocycles. The summed E-state index contributed by atoms with van der Waals surface area (Å²) in [6, 6.07) is 15.7. The fraction of sp³-hybridized carbons (Fsp3) is 0.304. The van der Waals surface area contributed by atoms with Gasteiger partial charge in [0.25, 0.3) is 5.91 Å². The number of aryl methyl sites for hydroxylation is 3. The van der Waals surface area contributed by atoms with Crippen LogP contribution in [0.25, 0.3) is 0 Å². The van der Waals surface area contributed by atoms with Crippen molar-refractivity contribution in [3.8, 4) is 0 Å². The quantitative estimate of drug-likeness (QED) is 0.720. The first-order valence-electron chi connectivity index (χ1n) is 10.1. The molecule has 0 spiro atoms. The Morgan fingerprint density at radius 3 is 2.23 bits per heavy atom. The van der Waals surface area contributed by atoms with Crippen LogP contribution in [0.1, 0.15) is 27.2 Å². The molecule has 1 fully saturated rings. The molecule has 30 heavy (non-hydrogen) atoms. The Morgan fingerprint density at radius 1 is 0.867 bits per heavy atom. The summed E-state index contributed by atoms with van der Waals surface area (Å²) >= 11 is 0. The molecule has 3 heterocycles. The van der Waals surface area contributed by atoms with Crippen molar-refractivity contribution in [1.82, 2.24) is 20.1 Å². The smallest absolute Gasteiger partial charge is 0.253 e. The predicted molar refractivity (Wildman–Crippen MR) is 118 cm³/mol. The van der Waals surface area contributed by atoms with Crippen molar-refractivity contribution in [2.24, 2.45) is 0 Å². The van der Waals surface area contributed by atoms with Gasteiger partial charge in [0, 0.05) is 37.4 Å². The summed E-state index contributed by atoms with van der Waals surface area (Å²) < 4.78 is 0. The fourth-order valence-corrected chi connectivity index (χ4v) is 3.72. The standard InChI is InChI=1S/C23H26N6O/c1-16-13-17(2)15-19(14-16)23(30)29-11-9-28(10-12-29)22-8-7-21(26-27-22)25-20-6-4-5-18(3)24-20/h4-8,13-15H,9-12H2,1-3H3,(H,24,25,26). The molecule has 0 radical (unpaired) electrons. The van der Waals surface area contributed by atoms with Gasteiger partial charge in [0.05, 0.1) is 0 Å². The van der Waals surface area contributed by atoms with Gasteiger partial charge in [0.1, 0.15) is 5.82 Å². The molecule has 0 bridgehead atoms. The Balaban J connectivity index is 1.36. The van der Waals surface area contributed by atoms with Gasteiger partial charge in [0.2, 0.25) is 0 Å². The molecular formula is C23H26N6O. The van der Waals surface area contributed by atoms with E-state index in [1.165, 1.54) is 0 Å². The molecular weight excluding hydrogens is 376 g/mol. The molecule has 0 unspecified atom stereocenters. The minimum absolute atomic E-state index is 0.0951.